The van der Waals surface area contributed by atoms with Gasteiger partial charge in [0.2, 0.25) is 11.8 Å². The Morgan fingerprint density at radius 2 is 1.68 bits per heavy atom. The second-order valence-corrected chi connectivity index (χ2v) is 11.6. The van der Waals surface area contributed by atoms with Crippen LogP contribution in [0.15, 0.2) is 71.6 Å². The molecule has 4 rings (SSSR count). The smallest absolute Gasteiger partial charge is 0.264 e. The van der Waals surface area contributed by atoms with Gasteiger partial charge in [-0.3, -0.25) is 13.9 Å². The minimum Gasteiger partial charge on any atom is -0.325 e. The van der Waals surface area contributed by atoms with Crippen molar-refractivity contribution in [2.75, 3.05) is 27.6 Å². The molecule has 0 spiro atoms. The monoisotopic (exact) mass is 519 g/mol. The van der Waals surface area contributed by atoms with E-state index in [2.05, 4.69) is 19.2 Å². The highest BCUT2D eigenvalue weighted by molar-refractivity contribution is 7.92. The zero-order valence-corrected chi connectivity index (χ0v) is 22.5. The van der Waals surface area contributed by atoms with Gasteiger partial charge < -0.3 is 10.2 Å². The summed E-state index contributed by atoms with van der Waals surface area (Å²) in [6.45, 7) is 8.21. The number of anilines is 3. The minimum absolute atomic E-state index is 0.0975. The summed E-state index contributed by atoms with van der Waals surface area (Å²) in [6.07, 6.45) is 1.38. The van der Waals surface area contributed by atoms with E-state index in [4.69, 9.17) is 0 Å². The van der Waals surface area contributed by atoms with E-state index in [1.54, 1.807) is 53.4 Å². The van der Waals surface area contributed by atoms with Gasteiger partial charge in [-0.15, -0.1) is 0 Å². The molecule has 0 aliphatic carbocycles. The molecule has 0 radical (unpaired) electrons. The summed E-state index contributed by atoms with van der Waals surface area (Å²) in [5, 5.41) is 2.83. The molecule has 3 aromatic carbocycles. The van der Waals surface area contributed by atoms with Gasteiger partial charge in [0.05, 0.1) is 10.6 Å². The predicted octanol–water partition coefficient (Wildman–Crippen LogP) is 5.39. The Hall–Kier alpha value is -3.65. The van der Waals surface area contributed by atoms with E-state index >= 15 is 0 Å². The molecule has 0 atom stereocenters. The molecule has 1 saturated heterocycles. The Labute approximate surface area is 219 Å². The normalized spacial score (nSPS) is 13.8. The van der Waals surface area contributed by atoms with E-state index in [-0.39, 0.29) is 17.3 Å². The minimum atomic E-state index is -4.00. The number of aryl methyl sites for hydroxylation is 2. The first-order chi connectivity index (χ1) is 17.6. The molecule has 1 aliphatic heterocycles. The number of carbonyl (C=O) groups is 2. The standard InChI is InChI=1S/C29H33N3O4S/c1-20(2)23-9-12-25(13-10-23)32(37(35,36)26-14-7-21(3)8-15-26)19-28(33)30-24-11-16-27(22(4)18-24)31-17-5-6-29(31)34/h7-16,18,20H,5-6,17,19H2,1-4H3,(H,30,33). The number of benzene rings is 3. The fourth-order valence-corrected chi connectivity index (χ4v) is 5.87. The Bertz CT molecular complexity index is 1400. The van der Waals surface area contributed by atoms with Crippen LogP contribution in [-0.2, 0) is 19.6 Å². The highest BCUT2D eigenvalue weighted by Crippen LogP contribution is 2.29. The van der Waals surface area contributed by atoms with E-state index in [1.165, 1.54) is 0 Å². The summed E-state index contributed by atoms with van der Waals surface area (Å²) in [7, 11) is -4.00. The van der Waals surface area contributed by atoms with Crippen LogP contribution in [0.2, 0.25) is 0 Å². The molecule has 1 fully saturated rings. The fraction of sp³-hybridized carbons (Fsp3) is 0.310. The average molecular weight is 520 g/mol. The largest absolute Gasteiger partial charge is 0.325 e. The van der Waals surface area contributed by atoms with Crippen molar-refractivity contribution in [3.8, 4) is 0 Å². The van der Waals surface area contributed by atoms with E-state index in [0.29, 0.717) is 30.3 Å². The van der Waals surface area contributed by atoms with E-state index in [1.807, 2.05) is 32.0 Å². The number of sulfonamides is 1. The van der Waals surface area contributed by atoms with Gasteiger partial charge in [-0.1, -0.05) is 43.7 Å². The van der Waals surface area contributed by atoms with Gasteiger partial charge in [-0.2, -0.15) is 0 Å². The van der Waals surface area contributed by atoms with Crippen LogP contribution < -0.4 is 14.5 Å². The molecule has 1 aliphatic rings. The lowest BCUT2D eigenvalue weighted by atomic mass is 10.0. The highest BCUT2D eigenvalue weighted by atomic mass is 32.2. The van der Waals surface area contributed by atoms with Crippen molar-refractivity contribution < 1.29 is 18.0 Å². The molecule has 0 unspecified atom stereocenters. The maximum absolute atomic E-state index is 13.6. The first kappa shape index (κ1) is 26.4. The molecule has 0 aromatic heterocycles. The zero-order chi connectivity index (χ0) is 26.7. The number of nitrogens with one attached hydrogen (secondary N) is 1. The highest BCUT2D eigenvalue weighted by Gasteiger charge is 2.28. The molecule has 2 amide bonds. The molecule has 37 heavy (non-hydrogen) atoms. The van der Waals surface area contributed by atoms with E-state index < -0.39 is 15.9 Å². The quantitative estimate of drug-likeness (QED) is 0.432. The molecule has 8 heteroatoms. The van der Waals surface area contributed by atoms with Gasteiger partial charge in [-0.25, -0.2) is 8.42 Å². The summed E-state index contributed by atoms with van der Waals surface area (Å²) in [6, 6.07) is 19.2. The molecule has 0 bridgehead atoms. The van der Waals surface area contributed by atoms with Gasteiger partial charge in [-0.05, 0) is 79.8 Å². The van der Waals surface area contributed by atoms with Crippen LogP contribution in [0.3, 0.4) is 0 Å². The maximum Gasteiger partial charge on any atom is 0.264 e. The Kier molecular flexibility index (Phi) is 7.68. The van der Waals surface area contributed by atoms with Crippen molar-refractivity contribution in [2.24, 2.45) is 0 Å². The lowest BCUT2D eigenvalue weighted by Crippen LogP contribution is -2.38. The van der Waals surface area contributed by atoms with Crippen molar-refractivity contribution in [1.29, 1.82) is 0 Å². The number of carbonyl (C=O) groups excluding carboxylic acids is 2. The van der Waals surface area contributed by atoms with E-state index in [9.17, 15) is 18.0 Å². The lowest BCUT2D eigenvalue weighted by Gasteiger charge is -2.25. The average Bonchev–Trinajstić information content (AvgIpc) is 3.28. The molecule has 194 valence electrons. The number of hydrogen-bond acceptors (Lipinski definition) is 4. The Balaban J connectivity index is 1.59. The van der Waals surface area contributed by atoms with Gasteiger partial charge in [0.25, 0.3) is 10.0 Å². The van der Waals surface area contributed by atoms with Crippen molar-refractivity contribution >= 4 is 38.9 Å². The first-order valence-corrected chi connectivity index (χ1v) is 13.9. The molecule has 1 heterocycles. The summed E-state index contributed by atoms with van der Waals surface area (Å²) in [4.78, 5) is 27.1. The molecular weight excluding hydrogens is 486 g/mol. The van der Waals surface area contributed by atoms with Gasteiger partial charge >= 0.3 is 0 Å². The molecule has 0 saturated carbocycles. The van der Waals surface area contributed by atoms with Crippen LogP contribution in [0.25, 0.3) is 0 Å². The van der Waals surface area contributed by atoms with E-state index in [0.717, 1.165) is 33.1 Å². The molecule has 1 N–H and O–H groups in total. The van der Waals surface area contributed by atoms with Gasteiger partial charge in [0.1, 0.15) is 6.54 Å². The van der Waals surface area contributed by atoms with Crippen LogP contribution in [0.1, 0.15) is 49.3 Å². The van der Waals surface area contributed by atoms with Crippen LogP contribution in [0, 0.1) is 13.8 Å². The Morgan fingerprint density at radius 1 is 1.00 bits per heavy atom. The number of rotatable bonds is 8. The maximum atomic E-state index is 13.6. The number of hydrogen-bond donors (Lipinski definition) is 1. The van der Waals surface area contributed by atoms with Gasteiger partial charge in [0.15, 0.2) is 0 Å². The molecule has 7 nitrogen and oxygen atoms in total. The third-order valence-electron chi connectivity index (χ3n) is 6.59. The summed E-state index contributed by atoms with van der Waals surface area (Å²) >= 11 is 0. The fourth-order valence-electron chi connectivity index (χ4n) is 4.45. The lowest BCUT2D eigenvalue weighted by molar-refractivity contribution is -0.117. The molecular formula is C29H33N3O4S. The third-order valence-corrected chi connectivity index (χ3v) is 8.38. The first-order valence-electron chi connectivity index (χ1n) is 12.5. The second kappa shape index (κ2) is 10.8. The number of nitrogens with zero attached hydrogens (tertiary/aromatic N) is 2. The van der Waals surface area contributed by atoms with Gasteiger partial charge in [0, 0.05) is 24.3 Å². The van der Waals surface area contributed by atoms with Crippen LogP contribution in [0.5, 0.6) is 0 Å². The molecule has 3 aromatic rings. The SMILES string of the molecule is Cc1ccc(S(=O)(=O)N(CC(=O)Nc2ccc(N3CCCC3=O)c(C)c2)c2ccc(C(C)C)cc2)cc1. The summed E-state index contributed by atoms with van der Waals surface area (Å²) in [5.41, 5.74) is 4.67. The van der Waals surface area contributed by atoms with Crippen LogP contribution in [0.4, 0.5) is 17.1 Å². The van der Waals surface area contributed by atoms with Crippen molar-refractivity contribution in [1.82, 2.24) is 0 Å². The van der Waals surface area contributed by atoms with Crippen molar-refractivity contribution in [3.05, 3.63) is 83.4 Å². The van der Waals surface area contributed by atoms with Crippen molar-refractivity contribution in [3.63, 3.8) is 0 Å². The predicted molar refractivity (Wildman–Crippen MR) is 148 cm³/mol. The third kappa shape index (κ3) is 5.85. The van der Waals surface area contributed by atoms with Crippen molar-refractivity contribution in [2.45, 2.75) is 51.3 Å². The summed E-state index contributed by atoms with van der Waals surface area (Å²) in [5.74, 6) is -0.0742. The number of amides is 2. The summed E-state index contributed by atoms with van der Waals surface area (Å²) < 4.78 is 28.4. The van der Waals surface area contributed by atoms with Crippen LogP contribution >= 0.6 is 0 Å². The topological polar surface area (TPSA) is 86.8 Å². The second-order valence-electron chi connectivity index (χ2n) is 9.77. The Morgan fingerprint density at radius 3 is 2.24 bits per heavy atom. The van der Waals surface area contributed by atoms with Crippen LogP contribution in [-0.4, -0.2) is 33.3 Å². The zero-order valence-electron chi connectivity index (χ0n) is 21.7.